The maximum absolute atomic E-state index is 9.74. The van der Waals surface area contributed by atoms with Crippen LogP contribution in [-0.2, 0) is 0 Å². The Morgan fingerprint density at radius 2 is 2.29 bits per heavy atom. The van der Waals surface area contributed by atoms with Gasteiger partial charge in [-0.15, -0.1) is 0 Å². The zero-order chi connectivity index (χ0) is 9.71. The van der Waals surface area contributed by atoms with Crippen LogP contribution in [-0.4, -0.2) is 45.1 Å². The van der Waals surface area contributed by atoms with Crippen molar-refractivity contribution >= 4 is 17.5 Å². The molecule has 2 aliphatic rings. The first-order chi connectivity index (χ1) is 6.74. The second-order valence-corrected chi connectivity index (χ2v) is 4.83. The van der Waals surface area contributed by atoms with Crippen LogP contribution in [0.2, 0.25) is 0 Å². The first-order valence-electron chi connectivity index (χ1n) is 4.73. The second kappa shape index (κ2) is 2.88. The highest BCUT2D eigenvalue weighted by Crippen LogP contribution is 2.40. The monoisotopic (exact) mass is 212 g/mol. The quantitative estimate of drug-likeness (QED) is 0.657. The first-order valence-corrected chi connectivity index (χ1v) is 5.51. The Kier molecular flexibility index (Phi) is 1.77. The zero-order valence-corrected chi connectivity index (χ0v) is 8.44. The molecule has 1 aromatic rings. The van der Waals surface area contributed by atoms with Crippen LogP contribution in [0.3, 0.4) is 0 Å². The highest BCUT2D eigenvalue weighted by Gasteiger charge is 2.46. The fourth-order valence-corrected chi connectivity index (χ4v) is 3.26. The van der Waals surface area contributed by atoms with Crippen molar-refractivity contribution in [3.05, 3.63) is 5.01 Å². The minimum absolute atomic E-state index is 0.195. The van der Waals surface area contributed by atoms with Crippen molar-refractivity contribution in [1.82, 2.24) is 14.3 Å². The molecule has 0 spiro atoms. The molecule has 3 heterocycles. The summed E-state index contributed by atoms with van der Waals surface area (Å²) in [5.41, 5.74) is 5.49. The number of piperidine rings is 1. The van der Waals surface area contributed by atoms with Gasteiger partial charge in [0.05, 0.1) is 6.10 Å². The Morgan fingerprint density at radius 3 is 2.86 bits per heavy atom. The van der Waals surface area contributed by atoms with E-state index in [0.717, 1.165) is 24.6 Å². The molecule has 5 nitrogen and oxygen atoms in total. The average molecular weight is 212 g/mol. The number of hydrogen-bond acceptors (Lipinski definition) is 6. The van der Waals surface area contributed by atoms with Crippen molar-refractivity contribution in [2.24, 2.45) is 5.92 Å². The number of rotatable bonds is 1. The van der Waals surface area contributed by atoms with E-state index in [0.29, 0.717) is 17.8 Å². The van der Waals surface area contributed by atoms with Crippen LogP contribution >= 0.6 is 11.5 Å². The van der Waals surface area contributed by atoms with Crippen molar-refractivity contribution in [2.75, 3.05) is 25.4 Å². The maximum atomic E-state index is 9.74. The number of nitrogens with two attached hydrogens (primary N) is 1. The van der Waals surface area contributed by atoms with Gasteiger partial charge < -0.3 is 10.8 Å². The van der Waals surface area contributed by atoms with E-state index in [2.05, 4.69) is 14.3 Å². The van der Waals surface area contributed by atoms with Gasteiger partial charge >= 0.3 is 0 Å². The summed E-state index contributed by atoms with van der Waals surface area (Å²) in [5.74, 6) is 1.04. The Hall–Kier alpha value is -0.720. The van der Waals surface area contributed by atoms with Crippen molar-refractivity contribution in [3.8, 4) is 0 Å². The molecule has 0 amide bonds. The molecule has 6 heteroatoms. The molecule has 3 rings (SSSR count). The van der Waals surface area contributed by atoms with Gasteiger partial charge in [0.2, 0.25) is 5.95 Å². The molecule has 76 valence electrons. The van der Waals surface area contributed by atoms with Crippen LogP contribution in [0.5, 0.6) is 0 Å². The molecule has 14 heavy (non-hydrogen) atoms. The molecule has 1 aromatic heterocycles. The molecule has 0 aromatic carbocycles. The standard InChI is InChI=1S/C8H12N4OS/c9-8-10-7(14-11-8)5-2-12-1-4(5)6(13)3-12/h4-6,13H,1-3H2,(H2,9,11). The van der Waals surface area contributed by atoms with E-state index in [9.17, 15) is 5.11 Å². The maximum Gasteiger partial charge on any atom is 0.232 e. The smallest absolute Gasteiger partial charge is 0.232 e. The second-order valence-electron chi connectivity index (χ2n) is 4.05. The van der Waals surface area contributed by atoms with Crippen molar-refractivity contribution in [3.63, 3.8) is 0 Å². The van der Waals surface area contributed by atoms with Crippen LogP contribution < -0.4 is 5.73 Å². The van der Waals surface area contributed by atoms with E-state index in [1.165, 1.54) is 11.5 Å². The Bertz CT molecular complexity index is 355. The van der Waals surface area contributed by atoms with Gasteiger partial charge in [-0.2, -0.15) is 4.37 Å². The lowest BCUT2D eigenvalue weighted by molar-refractivity contribution is 0.106. The number of hydrogen-bond donors (Lipinski definition) is 2. The van der Waals surface area contributed by atoms with Crippen LogP contribution in [0.25, 0.3) is 0 Å². The topological polar surface area (TPSA) is 75.3 Å². The fraction of sp³-hybridized carbons (Fsp3) is 0.750. The van der Waals surface area contributed by atoms with Gasteiger partial charge in [0.1, 0.15) is 5.01 Å². The van der Waals surface area contributed by atoms with Gasteiger partial charge in [-0.05, 0) is 11.5 Å². The Morgan fingerprint density at radius 1 is 1.43 bits per heavy atom. The van der Waals surface area contributed by atoms with Crippen LogP contribution in [0, 0.1) is 5.92 Å². The normalized spacial score (nSPS) is 40.6. The number of aliphatic hydroxyl groups is 1. The molecule has 2 bridgehead atoms. The molecule has 0 saturated carbocycles. The van der Waals surface area contributed by atoms with Gasteiger partial charge in [-0.25, -0.2) is 4.98 Å². The summed E-state index contributed by atoms with van der Waals surface area (Å²) >= 11 is 1.36. The average Bonchev–Trinajstić information content (AvgIpc) is 2.77. The number of fused-ring (bicyclic) bond motifs is 2. The molecule has 2 fully saturated rings. The molecular weight excluding hydrogens is 200 g/mol. The first kappa shape index (κ1) is 8.58. The van der Waals surface area contributed by atoms with E-state index in [1.54, 1.807) is 0 Å². The van der Waals surface area contributed by atoms with Gasteiger partial charge in [0.15, 0.2) is 0 Å². The van der Waals surface area contributed by atoms with Gasteiger partial charge in [-0.3, -0.25) is 4.90 Å². The molecular formula is C8H12N4OS. The highest BCUT2D eigenvalue weighted by atomic mass is 32.1. The van der Waals surface area contributed by atoms with E-state index in [4.69, 9.17) is 5.73 Å². The van der Waals surface area contributed by atoms with E-state index >= 15 is 0 Å². The van der Waals surface area contributed by atoms with Crippen LogP contribution in [0.15, 0.2) is 0 Å². The van der Waals surface area contributed by atoms with E-state index < -0.39 is 0 Å². The summed E-state index contributed by atoms with van der Waals surface area (Å²) in [7, 11) is 0. The molecule has 4 atom stereocenters. The molecule has 0 aliphatic carbocycles. The van der Waals surface area contributed by atoms with E-state index in [-0.39, 0.29) is 6.10 Å². The van der Waals surface area contributed by atoms with Gasteiger partial charge in [-0.1, -0.05) is 0 Å². The number of aliphatic hydroxyl groups excluding tert-OH is 1. The van der Waals surface area contributed by atoms with Crippen molar-refractivity contribution < 1.29 is 5.11 Å². The Balaban J connectivity index is 1.87. The molecule has 4 unspecified atom stereocenters. The molecule has 2 saturated heterocycles. The van der Waals surface area contributed by atoms with Crippen molar-refractivity contribution in [1.29, 1.82) is 0 Å². The summed E-state index contributed by atoms with van der Waals surface area (Å²) in [6.07, 6.45) is -0.195. The third-order valence-corrected chi connectivity index (χ3v) is 4.01. The number of nitrogen functional groups attached to an aromatic ring is 1. The summed E-state index contributed by atoms with van der Waals surface area (Å²) in [6, 6.07) is 0. The SMILES string of the molecule is Nc1nsc(C2CN3CC(O)C2C3)n1. The lowest BCUT2D eigenvalue weighted by atomic mass is 9.91. The minimum atomic E-state index is -0.195. The van der Waals surface area contributed by atoms with Crippen LogP contribution in [0.4, 0.5) is 5.95 Å². The van der Waals surface area contributed by atoms with Crippen molar-refractivity contribution in [2.45, 2.75) is 12.0 Å². The Labute approximate surface area is 85.7 Å². The van der Waals surface area contributed by atoms with E-state index in [1.807, 2.05) is 0 Å². The van der Waals surface area contributed by atoms with Gasteiger partial charge in [0.25, 0.3) is 0 Å². The summed E-state index contributed by atoms with van der Waals surface area (Å²) < 4.78 is 3.98. The predicted octanol–water partition coefficient (Wildman–Crippen LogP) is -0.490. The largest absolute Gasteiger partial charge is 0.391 e. The minimum Gasteiger partial charge on any atom is -0.391 e. The third-order valence-electron chi connectivity index (χ3n) is 3.15. The molecule has 3 N–H and O–H groups in total. The zero-order valence-electron chi connectivity index (χ0n) is 7.63. The lowest BCUT2D eigenvalue weighted by Crippen LogP contribution is -2.32. The number of aromatic nitrogens is 2. The fourth-order valence-electron chi connectivity index (χ4n) is 2.51. The molecule has 0 radical (unpaired) electrons. The summed E-state index contributed by atoms with van der Waals surface area (Å²) in [5, 5.41) is 10.7. The lowest BCUT2D eigenvalue weighted by Gasteiger charge is -2.24. The summed E-state index contributed by atoms with van der Waals surface area (Å²) in [4.78, 5) is 6.47. The van der Waals surface area contributed by atoms with Gasteiger partial charge in [0, 0.05) is 31.5 Å². The number of anilines is 1. The summed E-state index contributed by atoms with van der Waals surface area (Å²) in [6.45, 7) is 2.80. The highest BCUT2D eigenvalue weighted by molar-refractivity contribution is 7.05. The van der Waals surface area contributed by atoms with Crippen LogP contribution in [0.1, 0.15) is 10.9 Å². The third kappa shape index (κ3) is 1.14. The predicted molar refractivity (Wildman–Crippen MR) is 53.0 cm³/mol. The number of nitrogens with zero attached hydrogens (tertiary/aromatic N) is 3. The molecule has 2 aliphatic heterocycles.